The molecule has 0 saturated carbocycles. The molecule has 0 aliphatic carbocycles. The Morgan fingerprint density at radius 2 is 2.36 bits per heavy atom. The van der Waals surface area contributed by atoms with Gasteiger partial charge in [-0.3, -0.25) is 14.9 Å². The van der Waals surface area contributed by atoms with Crippen molar-refractivity contribution in [1.82, 2.24) is 9.88 Å². The number of amides is 2. The zero-order chi connectivity index (χ0) is 15.5. The van der Waals surface area contributed by atoms with E-state index in [-0.39, 0.29) is 17.6 Å². The topological polar surface area (TPSA) is 75.4 Å². The van der Waals surface area contributed by atoms with E-state index < -0.39 is 0 Å². The fourth-order valence-corrected chi connectivity index (χ4v) is 3.42. The van der Waals surface area contributed by atoms with Crippen molar-refractivity contribution in [2.75, 3.05) is 11.9 Å². The monoisotopic (exact) mass is 319 g/mol. The van der Waals surface area contributed by atoms with Crippen LogP contribution in [0.15, 0.2) is 22.8 Å². The van der Waals surface area contributed by atoms with Gasteiger partial charge in [0.2, 0.25) is 5.91 Å². The van der Waals surface area contributed by atoms with Gasteiger partial charge in [0.25, 0.3) is 5.91 Å². The first-order valence-electron chi connectivity index (χ1n) is 7.28. The number of nitrogens with zero attached hydrogens (tertiary/aromatic N) is 2. The van der Waals surface area contributed by atoms with Crippen LogP contribution in [0, 0.1) is 0 Å². The molecule has 0 saturated heterocycles. The Morgan fingerprint density at radius 3 is 3.09 bits per heavy atom. The maximum atomic E-state index is 12.0. The van der Waals surface area contributed by atoms with Crippen molar-refractivity contribution in [2.45, 2.75) is 32.7 Å². The van der Waals surface area contributed by atoms with Crippen LogP contribution in [0.4, 0.5) is 5.13 Å². The second-order valence-electron chi connectivity index (χ2n) is 5.14. The van der Waals surface area contributed by atoms with Gasteiger partial charge >= 0.3 is 0 Å². The summed E-state index contributed by atoms with van der Waals surface area (Å²) >= 11 is 1.42. The van der Waals surface area contributed by atoms with Crippen LogP contribution in [0.2, 0.25) is 0 Å². The van der Waals surface area contributed by atoms with Crippen LogP contribution in [0.25, 0.3) is 0 Å². The zero-order valence-electron chi connectivity index (χ0n) is 12.3. The molecule has 3 heterocycles. The van der Waals surface area contributed by atoms with E-state index in [1.165, 1.54) is 17.6 Å². The minimum Gasteiger partial charge on any atom is -0.459 e. The summed E-state index contributed by atoms with van der Waals surface area (Å²) in [7, 11) is 0. The molecule has 0 unspecified atom stereocenters. The number of hydrogen-bond acceptors (Lipinski definition) is 5. The minimum absolute atomic E-state index is 0.183. The summed E-state index contributed by atoms with van der Waals surface area (Å²) in [5, 5.41) is 3.29. The first kappa shape index (κ1) is 14.8. The lowest BCUT2D eigenvalue weighted by Gasteiger charge is -2.25. The van der Waals surface area contributed by atoms with E-state index in [0.29, 0.717) is 24.6 Å². The maximum absolute atomic E-state index is 12.0. The first-order chi connectivity index (χ1) is 10.7. The number of carbonyl (C=O) groups excluding carboxylic acids is 2. The summed E-state index contributed by atoms with van der Waals surface area (Å²) in [6, 6.07) is 3.27. The van der Waals surface area contributed by atoms with Crippen LogP contribution in [-0.2, 0) is 17.8 Å². The van der Waals surface area contributed by atoms with Gasteiger partial charge in [-0.05, 0) is 18.6 Å². The summed E-state index contributed by atoms with van der Waals surface area (Å²) in [5.74, 6) is 0.130. The van der Waals surface area contributed by atoms with E-state index in [2.05, 4.69) is 10.3 Å². The number of hydrogen-bond donors (Lipinski definition) is 1. The summed E-state index contributed by atoms with van der Waals surface area (Å²) in [5.41, 5.74) is 0.972. The highest BCUT2D eigenvalue weighted by atomic mass is 32.1. The lowest BCUT2D eigenvalue weighted by Crippen LogP contribution is -2.35. The van der Waals surface area contributed by atoms with Crippen molar-refractivity contribution in [1.29, 1.82) is 0 Å². The number of furan rings is 1. The SMILES string of the molecule is CCCC(=O)N1CCc2nc(NC(=O)c3ccco3)sc2C1. The molecule has 1 N–H and O–H groups in total. The van der Waals surface area contributed by atoms with Crippen molar-refractivity contribution in [3.8, 4) is 0 Å². The van der Waals surface area contributed by atoms with Gasteiger partial charge in [-0.1, -0.05) is 18.3 Å². The molecule has 1 aliphatic rings. The highest BCUT2D eigenvalue weighted by Gasteiger charge is 2.24. The molecule has 22 heavy (non-hydrogen) atoms. The molecular weight excluding hydrogens is 302 g/mol. The van der Waals surface area contributed by atoms with Gasteiger partial charge in [0.1, 0.15) is 0 Å². The Balaban J connectivity index is 1.68. The molecule has 0 atom stereocenters. The molecule has 116 valence electrons. The molecule has 0 fully saturated rings. The van der Waals surface area contributed by atoms with Crippen LogP contribution >= 0.6 is 11.3 Å². The quantitative estimate of drug-likeness (QED) is 0.940. The fraction of sp³-hybridized carbons (Fsp3) is 0.400. The van der Waals surface area contributed by atoms with E-state index in [4.69, 9.17) is 4.42 Å². The van der Waals surface area contributed by atoms with Crippen LogP contribution in [0.3, 0.4) is 0 Å². The van der Waals surface area contributed by atoms with Crippen molar-refractivity contribution in [3.63, 3.8) is 0 Å². The summed E-state index contributed by atoms with van der Waals surface area (Å²) in [6.07, 6.45) is 3.63. The summed E-state index contributed by atoms with van der Waals surface area (Å²) < 4.78 is 5.06. The largest absolute Gasteiger partial charge is 0.459 e. The number of anilines is 1. The highest BCUT2D eigenvalue weighted by Crippen LogP contribution is 2.29. The van der Waals surface area contributed by atoms with Crippen LogP contribution < -0.4 is 5.32 Å². The molecule has 0 radical (unpaired) electrons. The highest BCUT2D eigenvalue weighted by molar-refractivity contribution is 7.15. The first-order valence-corrected chi connectivity index (χ1v) is 8.10. The predicted octanol–water partition coefficient (Wildman–Crippen LogP) is 2.67. The third-order valence-corrected chi connectivity index (χ3v) is 4.51. The van der Waals surface area contributed by atoms with Crippen molar-refractivity contribution < 1.29 is 14.0 Å². The Bertz CT molecular complexity index is 678. The Labute approximate surface area is 132 Å². The Hall–Kier alpha value is -2.15. The second kappa shape index (κ2) is 6.31. The van der Waals surface area contributed by atoms with E-state index in [0.717, 1.165) is 23.4 Å². The average molecular weight is 319 g/mol. The van der Waals surface area contributed by atoms with Crippen molar-refractivity contribution in [2.24, 2.45) is 0 Å². The molecular formula is C15H17N3O3S. The van der Waals surface area contributed by atoms with Gasteiger partial charge in [-0.25, -0.2) is 4.98 Å². The van der Waals surface area contributed by atoms with Crippen LogP contribution in [-0.4, -0.2) is 28.2 Å². The van der Waals surface area contributed by atoms with Gasteiger partial charge in [0.05, 0.1) is 18.5 Å². The smallest absolute Gasteiger partial charge is 0.293 e. The number of thiazole rings is 1. The normalized spacial score (nSPS) is 13.8. The molecule has 7 heteroatoms. The molecule has 2 aromatic rings. The standard InChI is InChI=1S/C15H17N3O3S/c1-2-4-13(19)18-7-6-10-12(9-18)22-15(16-10)17-14(20)11-5-3-8-21-11/h3,5,8H,2,4,6-7,9H2,1H3,(H,16,17,20). The third kappa shape index (κ3) is 3.04. The van der Waals surface area contributed by atoms with Gasteiger partial charge in [0, 0.05) is 24.3 Å². The summed E-state index contributed by atoms with van der Waals surface area (Å²) in [4.78, 5) is 31.3. The molecule has 2 aromatic heterocycles. The second-order valence-corrected chi connectivity index (χ2v) is 6.22. The van der Waals surface area contributed by atoms with Crippen LogP contribution in [0.5, 0.6) is 0 Å². The van der Waals surface area contributed by atoms with Gasteiger partial charge < -0.3 is 9.32 Å². The number of aromatic nitrogens is 1. The molecule has 2 amide bonds. The van der Waals surface area contributed by atoms with E-state index in [1.54, 1.807) is 12.1 Å². The van der Waals surface area contributed by atoms with E-state index in [1.807, 2.05) is 11.8 Å². The number of nitrogens with one attached hydrogen (secondary N) is 1. The minimum atomic E-state index is -0.310. The number of fused-ring (bicyclic) bond motifs is 1. The van der Waals surface area contributed by atoms with E-state index in [9.17, 15) is 9.59 Å². The number of carbonyl (C=O) groups is 2. The van der Waals surface area contributed by atoms with Gasteiger partial charge in [0.15, 0.2) is 10.9 Å². The number of rotatable bonds is 4. The van der Waals surface area contributed by atoms with Crippen LogP contribution in [0.1, 0.15) is 40.9 Å². The lowest BCUT2D eigenvalue weighted by molar-refractivity contribution is -0.132. The predicted molar refractivity (Wildman–Crippen MR) is 82.8 cm³/mol. The maximum Gasteiger partial charge on any atom is 0.293 e. The van der Waals surface area contributed by atoms with Gasteiger partial charge in [-0.15, -0.1) is 0 Å². The average Bonchev–Trinajstić information content (AvgIpc) is 3.15. The molecule has 3 rings (SSSR count). The molecule has 0 aromatic carbocycles. The zero-order valence-corrected chi connectivity index (χ0v) is 13.1. The Morgan fingerprint density at radius 1 is 1.50 bits per heavy atom. The van der Waals surface area contributed by atoms with Crippen molar-refractivity contribution in [3.05, 3.63) is 34.7 Å². The van der Waals surface area contributed by atoms with Gasteiger partial charge in [-0.2, -0.15) is 0 Å². The Kier molecular flexibility index (Phi) is 4.24. The van der Waals surface area contributed by atoms with Crippen molar-refractivity contribution >= 4 is 28.3 Å². The lowest BCUT2D eigenvalue weighted by atomic mass is 10.1. The molecule has 1 aliphatic heterocycles. The molecule has 0 spiro atoms. The molecule has 0 bridgehead atoms. The third-order valence-electron chi connectivity index (χ3n) is 3.51. The van der Waals surface area contributed by atoms with E-state index >= 15 is 0 Å². The fourth-order valence-electron chi connectivity index (χ4n) is 2.40. The molecule has 6 nitrogen and oxygen atoms in total. The summed E-state index contributed by atoms with van der Waals surface area (Å²) in [6.45, 7) is 3.28.